The van der Waals surface area contributed by atoms with Gasteiger partial charge >= 0.3 is 0 Å². The van der Waals surface area contributed by atoms with Crippen LogP contribution >= 0.6 is 12.4 Å². The molecule has 0 aromatic heterocycles. The maximum atomic E-state index is 11.9. The van der Waals surface area contributed by atoms with Gasteiger partial charge < -0.3 is 15.0 Å². The first-order chi connectivity index (χ1) is 8.65. The van der Waals surface area contributed by atoms with Crippen molar-refractivity contribution < 1.29 is 9.53 Å². The van der Waals surface area contributed by atoms with E-state index in [2.05, 4.69) is 19.2 Å². The number of carbonyl (C=O) groups excluding carboxylic acids is 1. The quantitative estimate of drug-likeness (QED) is 0.776. The second kappa shape index (κ2) is 8.08. The van der Waals surface area contributed by atoms with Crippen LogP contribution in [0.3, 0.4) is 0 Å². The Morgan fingerprint density at radius 1 is 1.37 bits per heavy atom. The van der Waals surface area contributed by atoms with Crippen LogP contribution < -0.4 is 5.32 Å². The molecule has 0 aromatic carbocycles. The minimum Gasteiger partial charge on any atom is -0.376 e. The molecular formula is C14H27ClN2O2. The molecule has 1 saturated heterocycles. The number of ether oxygens (including phenoxy) is 1. The lowest BCUT2D eigenvalue weighted by molar-refractivity contribution is -0.129. The van der Waals surface area contributed by atoms with E-state index < -0.39 is 0 Å². The Morgan fingerprint density at radius 2 is 2.11 bits per heavy atom. The number of carbonyl (C=O) groups is 1. The molecule has 0 spiro atoms. The van der Waals surface area contributed by atoms with Crippen LogP contribution in [0, 0.1) is 11.8 Å². The van der Waals surface area contributed by atoms with Crippen LogP contribution in [0.1, 0.15) is 33.1 Å². The molecule has 0 radical (unpaired) electrons. The number of likely N-dealkylation sites (tertiary alicyclic amines) is 1. The first kappa shape index (κ1) is 16.7. The maximum Gasteiger partial charge on any atom is 0.236 e. The van der Waals surface area contributed by atoms with Crippen molar-refractivity contribution in [3.8, 4) is 0 Å². The largest absolute Gasteiger partial charge is 0.376 e. The highest BCUT2D eigenvalue weighted by Gasteiger charge is 2.27. The zero-order valence-corrected chi connectivity index (χ0v) is 12.9. The highest BCUT2D eigenvalue weighted by Crippen LogP contribution is 2.27. The highest BCUT2D eigenvalue weighted by atomic mass is 35.5. The molecule has 1 atom stereocenters. The Morgan fingerprint density at radius 3 is 2.74 bits per heavy atom. The van der Waals surface area contributed by atoms with Crippen LogP contribution in [0.25, 0.3) is 0 Å². The fraction of sp³-hybridized carbons (Fsp3) is 0.929. The summed E-state index contributed by atoms with van der Waals surface area (Å²) in [6.45, 7) is 8.23. The van der Waals surface area contributed by atoms with E-state index >= 15 is 0 Å². The summed E-state index contributed by atoms with van der Waals surface area (Å²) in [6.07, 6.45) is 3.90. The Labute approximate surface area is 122 Å². The van der Waals surface area contributed by atoms with E-state index in [4.69, 9.17) is 4.74 Å². The van der Waals surface area contributed by atoms with Gasteiger partial charge in [-0.2, -0.15) is 0 Å². The average Bonchev–Trinajstić information content (AvgIpc) is 3.03. The Bertz CT molecular complexity index is 283. The van der Waals surface area contributed by atoms with Gasteiger partial charge in [-0.3, -0.25) is 4.79 Å². The maximum absolute atomic E-state index is 11.9. The van der Waals surface area contributed by atoms with Crippen molar-refractivity contribution in [2.75, 3.05) is 32.8 Å². The summed E-state index contributed by atoms with van der Waals surface area (Å²) < 4.78 is 5.78. The van der Waals surface area contributed by atoms with Crippen molar-refractivity contribution in [1.29, 1.82) is 0 Å². The lowest BCUT2D eigenvalue weighted by atomic mass is 10.2. The third-order valence-electron chi connectivity index (χ3n) is 3.57. The Hall–Kier alpha value is -0.320. The van der Waals surface area contributed by atoms with Crippen LogP contribution in [0.5, 0.6) is 0 Å². The molecular weight excluding hydrogens is 264 g/mol. The molecule has 19 heavy (non-hydrogen) atoms. The third kappa shape index (κ3) is 6.11. The fourth-order valence-corrected chi connectivity index (χ4v) is 2.24. The minimum atomic E-state index is 0. The molecule has 2 aliphatic rings. The summed E-state index contributed by atoms with van der Waals surface area (Å²) in [5.74, 6) is 1.62. The van der Waals surface area contributed by atoms with Gasteiger partial charge in [0.2, 0.25) is 5.91 Å². The van der Waals surface area contributed by atoms with E-state index in [0.29, 0.717) is 12.5 Å². The SMILES string of the molecule is CC(C)COC1CCN(C(=O)CNCC2CC2)C1.Cl. The van der Waals surface area contributed by atoms with Gasteiger partial charge in [0.15, 0.2) is 0 Å². The first-order valence-electron chi connectivity index (χ1n) is 7.25. The molecule has 1 saturated carbocycles. The molecule has 1 N–H and O–H groups in total. The minimum absolute atomic E-state index is 0. The molecule has 1 aliphatic heterocycles. The van der Waals surface area contributed by atoms with Gasteiger partial charge in [-0.25, -0.2) is 0 Å². The summed E-state index contributed by atoms with van der Waals surface area (Å²) in [4.78, 5) is 13.9. The van der Waals surface area contributed by atoms with Crippen LogP contribution in [0.4, 0.5) is 0 Å². The van der Waals surface area contributed by atoms with Crippen molar-refractivity contribution in [3.63, 3.8) is 0 Å². The zero-order valence-electron chi connectivity index (χ0n) is 12.1. The normalized spacial score (nSPS) is 22.7. The second-order valence-electron chi connectivity index (χ2n) is 6.05. The van der Waals surface area contributed by atoms with Crippen LogP contribution in [0.15, 0.2) is 0 Å². The van der Waals surface area contributed by atoms with Crippen molar-refractivity contribution in [3.05, 3.63) is 0 Å². The molecule has 2 rings (SSSR count). The molecule has 112 valence electrons. The van der Waals surface area contributed by atoms with E-state index in [1.807, 2.05) is 4.90 Å². The lowest BCUT2D eigenvalue weighted by Gasteiger charge is -2.17. The Balaban J connectivity index is 0.00000180. The molecule has 4 nitrogen and oxygen atoms in total. The second-order valence-corrected chi connectivity index (χ2v) is 6.05. The van der Waals surface area contributed by atoms with E-state index in [1.165, 1.54) is 12.8 Å². The topological polar surface area (TPSA) is 41.6 Å². The van der Waals surface area contributed by atoms with Crippen molar-refractivity contribution in [1.82, 2.24) is 10.2 Å². The lowest BCUT2D eigenvalue weighted by Crippen LogP contribution is -2.38. The summed E-state index contributed by atoms with van der Waals surface area (Å²) >= 11 is 0. The number of nitrogens with zero attached hydrogens (tertiary/aromatic N) is 1. The number of nitrogens with one attached hydrogen (secondary N) is 1. The molecule has 1 aliphatic carbocycles. The Kier molecular flexibility index (Phi) is 7.11. The molecule has 2 fully saturated rings. The van der Waals surface area contributed by atoms with E-state index in [9.17, 15) is 4.79 Å². The van der Waals surface area contributed by atoms with Crippen LogP contribution in [0.2, 0.25) is 0 Å². The van der Waals surface area contributed by atoms with Gasteiger partial charge in [0.25, 0.3) is 0 Å². The van der Waals surface area contributed by atoms with E-state index in [1.54, 1.807) is 0 Å². The molecule has 1 amide bonds. The molecule has 0 aromatic rings. The van der Waals surface area contributed by atoms with E-state index in [-0.39, 0.29) is 24.4 Å². The number of hydrogen-bond donors (Lipinski definition) is 1. The predicted octanol–water partition coefficient (Wildman–Crippen LogP) is 1.68. The van der Waals surface area contributed by atoms with Gasteiger partial charge in [0, 0.05) is 19.7 Å². The van der Waals surface area contributed by atoms with Crippen molar-refractivity contribution in [2.24, 2.45) is 11.8 Å². The van der Waals surface area contributed by atoms with Gasteiger partial charge in [0.05, 0.1) is 12.6 Å². The average molecular weight is 291 g/mol. The standard InChI is InChI=1S/C14H26N2O2.ClH/c1-11(2)10-18-13-5-6-16(9-13)14(17)8-15-7-12-3-4-12;/h11-13,15H,3-10H2,1-2H3;1H. The van der Waals surface area contributed by atoms with Crippen LogP contribution in [-0.2, 0) is 9.53 Å². The number of halogens is 1. The fourth-order valence-electron chi connectivity index (χ4n) is 2.24. The number of hydrogen-bond acceptors (Lipinski definition) is 3. The van der Waals surface area contributed by atoms with Gasteiger partial charge in [-0.1, -0.05) is 13.8 Å². The van der Waals surface area contributed by atoms with Crippen LogP contribution in [-0.4, -0.2) is 49.7 Å². The smallest absolute Gasteiger partial charge is 0.236 e. The summed E-state index contributed by atoms with van der Waals surface area (Å²) in [5.41, 5.74) is 0. The zero-order chi connectivity index (χ0) is 13.0. The summed E-state index contributed by atoms with van der Waals surface area (Å²) in [6, 6.07) is 0. The van der Waals surface area contributed by atoms with Crippen molar-refractivity contribution in [2.45, 2.75) is 39.2 Å². The summed E-state index contributed by atoms with van der Waals surface area (Å²) in [5, 5.41) is 3.26. The number of amides is 1. The molecule has 1 unspecified atom stereocenters. The predicted molar refractivity (Wildman–Crippen MR) is 78.6 cm³/mol. The first-order valence-corrected chi connectivity index (χ1v) is 7.25. The van der Waals surface area contributed by atoms with Gasteiger partial charge in [0.1, 0.15) is 0 Å². The van der Waals surface area contributed by atoms with Gasteiger partial charge in [-0.05, 0) is 37.6 Å². The molecule has 1 heterocycles. The third-order valence-corrected chi connectivity index (χ3v) is 3.57. The number of rotatable bonds is 7. The molecule has 0 bridgehead atoms. The van der Waals surface area contributed by atoms with E-state index in [0.717, 1.165) is 38.6 Å². The van der Waals surface area contributed by atoms with Gasteiger partial charge in [-0.15, -0.1) is 12.4 Å². The van der Waals surface area contributed by atoms with Crippen molar-refractivity contribution >= 4 is 18.3 Å². The molecule has 5 heteroatoms. The summed E-state index contributed by atoms with van der Waals surface area (Å²) in [7, 11) is 0. The monoisotopic (exact) mass is 290 g/mol. The highest BCUT2D eigenvalue weighted by molar-refractivity contribution is 5.85.